The summed E-state index contributed by atoms with van der Waals surface area (Å²) < 4.78 is 11.1. The van der Waals surface area contributed by atoms with Crippen LogP contribution < -0.4 is 0 Å². The number of hydrogen-bond donors (Lipinski definition) is 0. The Balaban J connectivity index is 1.44. The van der Waals surface area contributed by atoms with Crippen LogP contribution in [-0.2, 0) is 17.7 Å². The fourth-order valence-electron chi connectivity index (χ4n) is 3.30. The lowest BCUT2D eigenvalue weighted by Gasteiger charge is -2.29. The predicted molar refractivity (Wildman–Crippen MR) is 83.6 cm³/mol. The molecule has 0 bridgehead atoms. The fourth-order valence-corrected chi connectivity index (χ4v) is 3.30. The van der Waals surface area contributed by atoms with E-state index in [1.165, 1.54) is 32.2 Å². The Kier molecular flexibility index (Phi) is 5.81. The van der Waals surface area contributed by atoms with Gasteiger partial charge in [-0.2, -0.15) is 4.98 Å². The van der Waals surface area contributed by atoms with Gasteiger partial charge in [0, 0.05) is 32.7 Å². The zero-order valence-corrected chi connectivity index (χ0v) is 13.7. The van der Waals surface area contributed by atoms with Crippen molar-refractivity contribution in [2.24, 2.45) is 0 Å². The number of ether oxygens (including phenoxy) is 1. The summed E-state index contributed by atoms with van der Waals surface area (Å²) in [6.07, 6.45) is 6.23. The first-order chi connectivity index (χ1) is 10.8. The van der Waals surface area contributed by atoms with E-state index >= 15 is 0 Å². The minimum atomic E-state index is 0.449. The van der Waals surface area contributed by atoms with Crippen LogP contribution in [0.4, 0.5) is 0 Å². The molecule has 0 aromatic carbocycles. The largest absolute Gasteiger partial charge is 0.377 e. The first kappa shape index (κ1) is 15.9. The standard InChI is InChI=1S/C16H28N4O2/c1-2-16-17-15(18-22-16)13-20-8-5-7-19(9-10-20)12-14-6-3-4-11-21-14/h14H,2-13H2,1H3/t14-/m1/s1. The molecule has 124 valence electrons. The SMILES string of the molecule is CCc1nc(CN2CCCN(C[C@H]3CCCCO3)CC2)no1. The van der Waals surface area contributed by atoms with Crippen molar-refractivity contribution in [3.8, 4) is 0 Å². The Hall–Kier alpha value is -0.980. The molecule has 1 atom stereocenters. The normalized spacial score (nSPS) is 25.2. The zero-order chi connectivity index (χ0) is 15.2. The molecule has 0 spiro atoms. The maximum atomic E-state index is 5.87. The van der Waals surface area contributed by atoms with Crippen molar-refractivity contribution >= 4 is 0 Å². The molecule has 3 rings (SSSR count). The van der Waals surface area contributed by atoms with Gasteiger partial charge in [-0.15, -0.1) is 0 Å². The quantitative estimate of drug-likeness (QED) is 0.825. The van der Waals surface area contributed by atoms with Crippen LogP contribution in [0.15, 0.2) is 4.52 Å². The molecule has 0 saturated carbocycles. The molecular weight excluding hydrogens is 280 g/mol. The number of nitrogens with zero attached hydrogens (tertiary/aromatic N) is 4. The average molecular weight is 308 g/mol. The smallest absolute Gasteiger partial charge is 0.226 e. The van der Waals surface area contributed by atoms with Gasteiger partial charge in [-0.05, 0) is 38.8 Å². The summed E-state index contributed by atoms with van der Waals surface area (Å²) >= 11 is 0. The highest BCUT2D eigenvalue weighted by molar-refractivity contribution is 4.87. The van der Waals surface area contributed by atoms with E-state index in [0.717, 1.165) is 57.5 Å². The highest BCUT2D eigenvalue weighted by Crippen LogP contribution is 2.15. The first-order valence-corrected chi connectivity index (χ1v) is 8.71. The van der Waals surface area contributed by atoms with Crippen molar-refractivity contribution in [2.45, 2.75) is 51.7 Å². The molecule has 0 amide bonds. The molecule has 2 aliphatic rings. The van der Waals surface area contributed by atoms with Gasteiger partial charge in [-0.1, -0.05) is 12.1 Å². The Morgan fingerprint density at radius 1 is 1.09 bits per heavy atom. The molecule has 0 unspecified atom stereocenters. The minimum Gasteiger partial charge on any atom is -0.377 e. The monoisotopic (exact) mass is 308 g/mol. The molecule has 3 heterocycles. The second kappa shape index (κ2) is 8.04. The third kappa shape index (κ3) is 4.51. The molecule has 2 fully saturated rings. The fraction of sp³-hybridized carbons (Fsp3) is 0.875. The summed E-state index contributed by atoms with van der Waals surface area (Å²) in [6.45, 7) is 9.34. The van der Waals surface area contributed by atoms with Crippen molar-refractivity contribution in [1.29, 1.82) is 0 Å². The predicted octanol–water partition coefficient (Wildman–Crippen LogP) is 1.71. The Bertz CT molecular complexity index is 445. The van der Waals surface area contributed by atoms with Crippen LogP contribution >= 0.6 is 0 Å². The number of aryl methyl sites for hydroxylation is 1. The van der Waals surface area contributed by atoms with Gasteiger partial charge in [0.15, 0.2) is 5.82 Å². The number of rotatable bonds is 5. The summed E-state index contributed by atoms with van der Waals surface area (Å²) in [4.78, 5) is 9.41. The highest BCUT2D eigenvalue weighted by atomic mass is 16.5. The van der Waals surface area contributed by atoms with Crippen LogP contribution in [0.2, 0.25) is 0 Å². The van der Waals surface area contributed by atoms with Gasteiger partial charge >= 0.3 is 0 Å². The zero-order valence-electron chi connectivity index (χ0n) is 13.7. The van der Waals surface area contributed by atoms with E-state index in [1.807, 2.05) is 6.92 Å². The number of hydrogen-bond acceptors (Lipinski definition) is 6. The molecule has 6 heteroatoms. The first-order valence-electron chi connectivity index (χ1n) is 8.71. The van der Waals surface area contributed by atoms with E-state index in [4.69, 9.17) is 9.26 Å². The molecule has 0 aliphatic carbocycles. The molecule has 0 radical (unpaired) electrons. The van der Waals surface area contributed by atoms with E-state index in [0.29, 0.717) is 6.10 Å². The third-order valence-corrected chi connectivity index (χ3v) is 4.59. The lowest BCUT2D eigenvalue weighted by Crippen LogP contribution is -2.38. The van der Waals surface area contributed by atoms with Gasteiger partial charge in [-0.3, -0.25) is 9.80 Å². The van der Waals surface area contributed by atoms with Crippen molar-refractivity contribution in [3.05, 3.63) is 11.7 Å². The molecule has 0 N–H and O–H groups in total. The Labute approximate surface area is 132 Å². The Morgan fingerprint density at radius 3 is 2.73 bits per heavy atom. The summed E-state index contributed by atoms with van der Waals surface area (Å²) in [5, 5.41) is 4.06. The van der Waals surface area contributed by atoms with Gasteiger partial charge < -0.3 is 9.26 Å². The van der Waals surface area contributed by atoms with Crippen LogP contribution in [0.25, 0.3) is 0 Å². The maximum Gasteiger partial charge on any atom is 0.226 e. The topological polar surface area (TPSA) is 54.6 Å². The summed E-state index contributed by atoms with van der Waals surface area (Å²) in [5.74, 6) is 1.56. The molecule has 1 aromatic heterocycles. The summed E-state index contributed by atoms with van der Waals surface area (Å²) in [7, 11) is 0. The van der Waals surface area contributed by atoms with Crippen molar-refractivity contribution in [2.75, 3.05) is 39.3 Å². The van der Waals surface area contributed by atoms with Crippen molar-refractivity contribution < 1.29 is 9.26 Å². The van der Waals surface area contributed by atoms with E-state index < -0.39 is 0 Å². The van der Waals surface area contributed by atoms with Gasteiger partial charge in [0.25, 0.3) is 0 Å². The van der Waals surface area contributed by atoms with Gasteiger partial charge in [0.1, 0.15) is 0 Å². The summed E-state index contributed by atoms with van der Waals surface area (Å²) in [5.41, 5.74) is 0. The van der Waals surface area contributed by atoms with Crippen LogP contribution in [0.5, 0.6) is 0 Å². The van der Waals surface area contributed by atoms with Gasteiger partial charge in [0.2, 0.25) is 5.89 Å². The highest BCUT2D eigenvalue weighted by Gasteiger charge is 2.21. The van der Waals surface area contributed by atoms with E-state index in [9.17, 15) is 0 Å². The summed E-state index contributed by atoms with van der Waals surface area (Å²) in [6, 6.07) is 0. The second-order valence-electron chi connectivity index (χ2n) is 6.38. The molecule has 1 aromatic rings. The van der Waals surface area contributed by atoms with E-state index in [1.54, 1.807) is 0 Å². The third-order valence-electron chi connectivity index (χ3n) is 4.59. The van der Waals surface area contributed by atoms with Crippen molar-refractivity contribution in [1.82, 2.24) is 19.9 Å². The van der Waals surface area contributed by atoms with Crippen LogP contribution in [0.3, 0.4) is 0 Å². The van der Waals surface area contributed by atoms with Crippen molar-refractivity contribution in [3.63, 3.8) is 0 Å². The van der Waals surface area contributed by atoms with Gasteiger partial charge in [-0.25, -0.2) is 0 Å². The van der Waals surface area contributed by atoms with Crippen LogP contribution in [-0.4, -0.2) is 65.4 Å². The average Bonchev–Trinajstić information content (AvgIpc) is 2.89. The van der Waals surface area contributed by atoms with E-state index in [2.05, 4.69) is 19.9 Å². The van der Waals surface area contributed by atoms with Crippen LogP contribution in [0, 0.1) is 0 Å². The lowest BCUT2D eigenvalue weighted by atomic mass is 10.1. The molecule has 2 aliphatic heterocycles. The molecule has 2 saturated heterocycles. The van der Waals surface area contributed by atoms with E-state index in [-0.39, 0.29) is 0 Å². The molecular formula is C16H28N4O2. The Morgan fingerprint density at radius 2 is 1.95 bits per heavy atom. The maximum absolute atomic E-state index is 5.87. The second-order valence-corrected chi connectivity index (χ2v) is 6.38. The number of aromatic nitrogens is 2. The van der Waals surface area contributed by atoms with Crippen LogP contribution in [0.1, 0.15) is 44.3 Å². The van der Waals surface area contributed by atoms with Gasteiger partial charge in [0.05, 0.1) is 12.6 Å². The lowest BCUT2D eigenvalue weighted by molar-refractivity contribution is -0.00501. The molecule has 6 nitrogen and oxygen atoms in total. The minimum absolute atomic E-state index is 0.449. The molecule has 22 heavy (non-hydrogen) atoms.